The molecule has 1 aliphatic rings. The van der Waals surface area contributed by atoms with Gasteiger partial charge in [-0.3, -0.25) is 14.9 Å². The van der Waals surface area contributed by atoms with Crippen LogP contribution in [0.1, 0.15) is 41.9 Å². The molecule has 0 bridgehead atoms. The molecule has 0 spiro atoms. The maximum atomic E-state index is 12.8. The molecule has 9 nitrogen and oxygen atoms in total. The van der Waals surface area contributed by atoms with E-state index in [0.29, 0.717) is 12.8 Å². The summed E-state index contributed by atoms with van der Waals surface area (Å²) in [5.74, 6) is -2.28. The Morgan fingerprint density at radius 1 is 1.38 bits per heavy atom. The summed E-state index contributed by atoms with van der Waals surface area (Å²) >= 11 is 0. The average Bonchev–Trinajstić information content (AvgIpc) is 3.19. The summed E-state index contributed by atoms with van der Waals surface area (Å²) in [7, 11) is 0. The van der Waals surface area contributed by atoms with Crippen LogP contribution in [-0.4, -0.2) is 31.1 Å². The van der Waals surface area contributed by atoms with Gasteiger partial charge < -0.3 is 14.7 Å². The molecule has 0 aliphatic heterocycles. The van der Waals surface area contributed by atoms with Crippen LogP contribution >= 0.6 is 0 Å². The second kappa shape index (κ2) is 5.91. The molecular weight excluding hydrogens is 318 g/mol. The van der Waals surface area contributed by atoms with Crippen LogP contribution in [0.4, 0.5) is 5.69 Å². The lowest BCUT2D eigenvalue weighted by Gasteiger charge is -2.12. The van der Waals surface area contributed by atoms with Crippen LogP contribution in [0, 0.1) is 23.0 Å². The van der Waals surface area contributed by atoms with Crippen molar-refractivity contribution in [2.24, 2.45) is 5.92 Å². The minimum Gasteiger partial charge on any atom is -0.504 e. The number of carbonyl (C=O) groups is 1. The van der Waals surface area contributed by atoms with Crippen LogP contribution in [0.3, 0.4) is 0 Å². The number of aromatic hydroxyl groups is 2. The molecule has 0 unspecified atom stereocenters. The van der Waals surface area contributed by atoms with E-state index in [1.54, 1.807) is 0 Å². The van der Waals surface area contributed by atoms with Crippen molar-refractivity contribution in [1.29, 1.82) is 0 Å². The summed E-state index contributed by atoms with van der Waals surface area (Å²) in [6, 6.07) is 1.03. The molecule has 1 heterocycles. The topological polar surface area (TPSA) is 140 Å². The molecule has 2 N–H and O–H groups in total. The number of benzene rings is 1. The first-order valence-electron chi connectivity index (χ1n) is 7.48. The molecule has 1 aromatic heterocycles. The van der Waals surface area contributed by atoms with Gasteiger partial charge in [0.15, 0.2) is 11.5 Å². The van der Waals surface area contributed by atoms with Crippen molar-refractivity contribution in [2.45, 2.75) is 32.6 Å². The summed E-state index contributed by atoms with van der Waals surface area (Å²) in [4.78, 5) is 27.3. The maximum absolute atomic E-state index is 12.8. The smallest absolute Gasteiger partial charge is 0.326 e. The number of phenolic OH excluding ortho intramolecular Hbond substituents is 2. The van der Waals surface area contributed by atoms with Gasteiger partial charge in [-0.05, 0) is 18.9 Å². The van der Waals surface area contributed by atoms with E-state index in [1.807, 2.05) is 0 Å². The quantitative estimate of drug-likeness (QED) is 0.377. The normalized spacial score (nSPS) is 14.9. The van der Waals surface area contributed by atoms with Gasteiger partial charge in [0.05, 0.1) is 4.92 Å². The lowest BCUT2D eigenvalue weighted by atomic mass is 9.91. The van der Waals surface area contributed by atoms with Crippen LogP contribution in [0.25, 0.3) is 11.4 Å². The van der Waals surface area contributed by atoms with Gasteiger partial charge in [0.2, 0.25) is 17.5 Å². The van der Waals surface area contributed by atoms with E-state index < -0.39 is 22.1 Å². The number of aryl methyl sites for hydroxylation is 1. The first-order chi connectivity index (χ1) is 11.4. The fourth-order valence-electron chi connectivity index (χ4n) is 3.05. The van der Waals surface area contributed by atoms with Crippen molar-refractivity contribution in [3.8, 4) is 22.9 Å². The van der Waals surface area contributed by atoms with Gasteiger partial charge >= 0.3 is 5.69 Å². The third-order valence-corrected chi connectivity index (χ3v) is 4.18. The number of hydrogen-bond acceptors (Lipinski definition) is 8. The fraction of sp³-hybridized carbons (Fsp3) is 0.400. The van der Waals surface area contributed by atoms with Crippen molar-refractivity contribution in [3.63, 3.8) is 0 Å². The van der Waals surface area contributed by atoms with Crippen LogP contribution in [-0.2, 0) is 0 Å². The molecule has 0 radical (unpaired) electrons. The number of phenols is 2. The van der Waals surface area contributed by atoms with Crippen LogP contribution in [0.15, 0.2) is 10.6 Å². The zero-order valence-electron chi connectivity index (χ0n) is 12.9. The predicted molar refractivity (Wildman–Crippen MR) is 80.7 cm³/mol. The van der Waals surface area contributed by atoms with Crippen molar-refractivity contribution < 1.29 is 24.5 Å². The summed E-state index contributed by atoms with van der Waals surface area (Å²) in [5, 5.41) is 34.8. The van der Waals surface area contributed by atoms with E-state index >= 15 is 0 Å². The van der Waals surface area contributed by atoms with Gasteiger partial charge in [0.25, 0.3) is 0 Å². The average molecular weight is 333 g/mol. The Morgan fingerprint density at radius 3 is 2.58 bits per heavy atom. The second-order valence-electron chi connectivity index (χ2n) is 5.76. The van der Waals surface area contributed by atoms with Crippen molar-refractivity contribution >= 4 is 11.5 Å². The zero-order chi connectivity index (χ0) is 17.4. The maximum Gasteiger partial charge on any atom is 0.326 e. The van der Waals surface area contributed by atoms with Crippen molar-refractivity contribution in [3.05, 3.63) is 27.6 Å². The molecule has 9 heteroatoms. The second-order valence-corrected chi connectivity index (χ2v) is 5.76. The van der Waals surface area contributed by atoms with Crippen molar-refractivity contribution in [2.75, 3.05) is 0 Å². The number of rotatable bonds is 4. The lowest BCUT2D eigenvalue weighted by molar-refractivity contribution is -0.385. The van der Waals surface area contributed by atoms with E-state index in [-0.39, 0.29) is 34.5 Å². The van der Waals surface area contributed by atoms with Gasteiger partial charge in [0.1, 0.15) is 5.56 Å². The third-order valence-electron chi connectivity index (χ3n) is 4.18. The SMILES string of the molecule is Cc1nc(-c2c(C(=O)C3CCCC3)cc(O)c(O)c2[N+](=O)[O-])no1. The first kappa shape index (κ1) is 15.9. The fourth-order valence-corrected chi connectivity index (χ4v) is 3.05. The molecule has 1 aromatic carbocycles. The first-order valence-corrected chi connectivity index (χ1v) is 7.48. The van der Waals surface area contributed by atoms with Gasteiger partial charge in [0, 0.05) is 18.4 Å². The molecular formula is C15H15N3O6. The van der Waals surface area contributed by atoms with E-state index in [1.165, 1.54) is 6.92 Å². The number of nitro benzene ring substituents is 1. The molecule has 126 valence electrons. The molecule has 24 heavy (non-hydrogen) atoms. The minimum atomic E-state index is -0.930. The minimum absolute atomic E-state index is 0.0790. The molecule has 1 aliphatic carbocycles. The van der Waals surface area contributed by atoms with Gasteiger partial charge in [-0.25, -0.2) is 0 Å². The number of ketones is 1. The standard InChI is InChI=1S/C15H15N3O6/c1-7-16-15(17-24-7)11-9(13(20)8-4-2-3-5-8)6-10(19)14(21)12(11)18(22)23/h6,8,19,21H,2-5H2,1H3. The Balaban J connectivity index is 2.27. The zero-order valence-corrected chi connectivity index (χ0v) is 12.9. The Labute approximate surface area is 136 Å². The molecule has 1 fully saturated rings. The summed E-state index contributed by atoms with van der Waals surface area (Å²) in [5.41, 5.74) is -1.12. The van der Waals surface area contributed by atoms with Crippen LogP contribution in [0.2, 0.25) is 0 Å². The van der Waals surface area contributed by atoms with Gasteiger partial charge in [-0.1, -0.05) is 18.0 Å². The highest BCUT2D eigenvalue weighted by molar-refractivity contribution is 6.06. The predicted octanol–water partition coefficient (Wildman–Crippen LogP) is 2.74. The number of nitro groups is 1. The summed E-state index contributed by atoms with van der Waals surface area (Å²) in [6.07, 6.45) is 3.16. The Kier molecular flexibility index (Phi) is 3.92. The Bertz CT molecular complexity index is 823. The van der Waals surface area contributed by atoms with E-state index in [4.69, 9.17) is 4.52 Å². The highest BCUT2D eigenvalue weighted by Gasteiger charge is 2.35. The number of Topliss-reactive ketones (excluding diaryl/α,β-unsaturated/α-hetero) is 1. The monoisotopic (exact) mass is 333 g/mol. The van der Waals surface area contributed by atoms with Crippen molar-refractivity contribution in [1.82, 2.24) is 10.1 Å². The Morgan fingerprint density at radius 2 is 2.04 bits per heavy atom. The molecule has 0 amide bonds. The van der Waals surface area contributed by atoms with Crippen LogP contribution in [0.5, 0.6) is 11.5 Å². The molecule has 3 rings (SSSR count). The van der Waals surface area contributed by atoms with Gasteiger partial charge in [-0.2, -0.15) is 4.98 Å². The molecule has 0 atom stereocenters. The number of carbonyl (C=O) groups excluding carboxylic acids is 1. The molecule has 1 saturated carbocycles. The van der Waals surface area contributed by atoms with E-state index in [2.05, 4.69) is 10.1 Å². The van der Waals surface area contributed by atoms with Crippen LogP contribution < -0.4 is 0 Å². The number of aromatic nitrogens is 2. The van der Waals surface area contributed by atoms with Gasteiger partial charge in [-0.15, -0.1) is 0 Å². The summed E-state index contributed by atoms with van der Waals surface area (Å²) in [6.45, 7) is 1.50. The van der Waals surface area contributed by atoms with E-state index in [0.717, 1.165) is 18.9 Å². The summed E-state index contributed by atoms with van der Waals surface area (Å²) < 4.78 is 4.84. The highest BCUT2D eigenvalue weighted by atomic mass is 16.6. The number of nitrogens with zero attached hydrogens (tertiary/aromatic N) is 3. The highest BCUT2D eigenvalue weighted by Crippen LogP contribution is 2.45. The largest absolute Gasteiger partial charge is 0.504 e. The third kappa shape index (κ3) is 2.57. The number of hydrogen-bond donors (Lipinski definition) is 2. The van der Waals surface area contributed by atoms with E-state index in [9.17, 15) is 25.1 Å². The molecule has 2 aromatic rings. The Hall–Kier alpha value is -2.97. The molecule has 0 saturated heterocycles. The lowest BCUT2D eigenvalue weighted by Crippen LogP contribution is -2.13.